The normalized spacial score (nSPS) is 12.9. The maximum absolute atomic E-state index is 11.0. The summed E-state index contributed by atoms with van der Waals surface area (Å²) in [4.78, 5) is 15.3. The van der Waals surface area contributed by atoms with Crippen LogP contribution in [0.5, 0.6) is 0 Å². The number of fused-ring (bicyclic) bond motifs is 1. The van der Waals surface area contributed by atoms with E-state index in [0.29, 0.717) is 0 Å². The van der Waals surface area contributed by atoms with Crippen molar-refractivity contribution in [1.82, 2.24) is 9.38 Å². The summed E-state index contributed by atoms with van der Waals surface area (Å²) in [6.07, 6.45) is 1.84. The van der Waals surface area contributed by atoms with Crippen LogP contribution in [0, 0.1) is 6.92 Å². The summed E-state index contributed by atoms with van der Waals surface area (Å²) in [5, 5.41) is 9.00. The highest BCUT2D eigenvalue weighted by molar-refractivity contribution is 5.75. The molecule has 0 bridgehead atoms. The number of pyridine rings is 1. The van der Waals surface area contributed by atoms with Gasteiger partial charge in [-0.15, -0.1) is 0 Å². The van der Waals surface area contributed by atoms with Crippen molar-refractivity contribution in [2.45, 2.75) is 19.8 Å². The van der Waals surface area contributed by atoms with E-state index in [2.05, 4.69) is 4.98 Å². The number of rotatable bonds is 2. The summed E-state index contributed by atoms with van der Waals surface area (Å²) in [6.45, 7) is 3.51. The fourth-order valence-electron chi connectivity index (χ4n) is 1.77. The number of hydrogen-bond acceptors (Lipinski definition) is 2. The van der Waals surface area contributed by atoms with Crippen molar-refractivity contribution < 1.29 is 9.90 Å². The molecule has 2 aromatic rings. The quantitative estimate of drug-likeness (QED) is 0.811. The van der Waals surface area contributed by atoms with E-state index in [-0.39, 0.29) is 0 Å². The minimum atomic E-state index is -0.830. The molecule has 0 amide bonds. The molecule has 2 aromatic heterocycles. The van der Waals surface area contributed by atoms with Crippen molar-refractivity contribution in [3.05, 3.63) is 35.8 Å². The number of aromatic nitrogens is 2. The van der Waals surface area contributed by atoms with Crippen molar-refractivity contribution in [2.75, 3.05) is 0 Å². The molecule has 4 heteroatoms. The van der Waals surface area contributed by atoms with Gasteiger partial charge in [0.05, 0.1) is 17.3 Å². The van der Waals surface area contributed by atoms with Gasteiger partial charge in [-0.25, -0.2) is 4.98 Å². The predicted molar refractivity (Wildman–Crippen MR) is 56.0 cm³/mol. The van der Waals surface area contributed by atoms with E-state index in [4.69, 9.17) is 5.11 Å². The van der Waals surface area contributed by atoms with Gasteiger partial charge in [0.25, 0.3) is 0 Å². The molecule has 4 nitrogen and oxygen atoms in total. The molecular formula is C11H12N2O2. The van der Waals surface area contributed by atoms with Gasteiger partial charge in [-0.05, 0) is 26.0 Å². The van der Waals surface area contributed by atoms with Gasteiger partial charge in [0, 0.05) is 6.20 Å². The molecule has 0 aliphatic carbocycles. The molecule has 78 valence electrons. The van der Waals surface area contributed by atoms with Crippen LogP contribution in [0.4, 0.5) is 0 Å². The lowest BCUT2D eigenvalue weighted by Crippen LogP contribution is -2.11. The average Bonchev–Trinajstić information content (AvgIpc) is 2.52. The first kappa shape index (κ1) is 9.71. The van der Waals surface area contributed by atoms with Crippen LogP contribution in [0.3, 0.4) is 0 Å². The van der Waals surface area contributed by atoms with Crippen LogP contribution in [0.25, 0.3) is 5.65 Å². The Kier molecular flexibility index (Phi) is 2.19. The standard InChI is InChI=1S/C11H12N2O2/c1-7(11(14)15)10-8(2)12-9-5-3-4-6-13(9)10/h3-7H,1-2H3,(H,14,15). The first-order valence-electron chi connectivity index (χ1n) is 4.77. The van der Waals surface area contributed by atoms with Crippen LogP contribution in [0.2, 0.25) is 0 Å². The fraction of sp³-hybridized carbons (Fsp3) is 0.273. The number of nitrogens with zero attached hydrogens (tertiary/aromatic N) is 2. The number of aliphatic carboxylic acids is 1. The Labute approximate surface area is 87.2 Å². The monoisotopic (exact) mass is 204 g/mol. The third-order valence-corrected chi connectivity index (χ3v) is 2.53. The van der Waals surface area contributed by atoms with Crippen molar-refractivity contribution in [1.29, 1.82) is 0 Å². The van der Waals surface area contributed by atoms with Crippen molar-refractivity contribution in [3.8, 4) is 0 Å². The van der Waals surface area contributed by atoms with Gasteiger partial charge in [0.1, 0.15) is 5.65 Å². The summed E-state index contributed by atoms with van der Waals surface area (Å²) in [7, 11) is 0. The number of imidazole rings is 1. The van der Waals surface area contributed by atoms with Gasteiger partial charge < -0.3 is 9.51 Å². The molecule has 2 heterocycles. The number of aryl methyl sites for hydroxylation is 1. The maximum atomic E-state index is 11.0. The Bertz CT molecular complexity index is 516. The Morgan fingerprint density at radius 3 is 2.93 bits per heavy atom. The second kappa shape index (κ2) is 3.38. The van der Waals surface area contributed by atoms with Crippen molar-refractivity contribution in [2.24, 2.45) is 0 Å². The molecule has 0 radical (unpaired) electrons. The molecule has 1 N–H and O–H groups in total. The van der Waals surface area contributed by atoms with Crippen LogP contribution in [0.1, 0.15) is 24.2 Å². The summed E-state index contributed by atoms with van der Waals surface area (Å²) < 4.78 is 1.83. The van der Waals surface area contributed by atoms with Crippen LogP contribution in [0.15, 0.2) is 24.4 Å². The highest BCUT2D eigenvalue weighted by Gasteiger charge is 2.20. The van der Waals surface area contributed by atoms with Crippen molar-refractivity contribution in [3.63, 3.8) is 0 Å². The van der Waals surface area contributed by atoms with Gasteiger partial charge >= 0.3 is 5.97 Å². The first-order chi connectivity index (χ1) is 7.11. The van der Waals surface area contributed by atoms with E-state index in [1.165, 1.54) is 0 Å². The molecule has 0 saturated carbocycles. The molecule has 0 spiro atoms. The smallest absolute Gasteiger partial charge is 0.312 e. The summed E-state index contributed by atoms with van der Waals surface area (Å²) in [5.41, 5.74) is 2.31. The number of carboxylic acids is 1. The molecule has 0 aliphatic heterocycles. The SMILES string of the molecule is Cc1nc2ccccn2c1C(C)C(=O)O. The lowest BCUT2D eigenvalue weighted by molar-refractivity contribution is -0.138. The fourth-order valence-corrected chi connectivity index (χ4v) is 1.77. The van der Waals surface area contributed by atoms with Crippen LogP contribution in [-0.2, 0) is 4.79 Å². The molecule has 0 saturated heterocycles. The van der Waals surface area contributed by atoms with Crippen LogP contribution in [-0.4, -0.2) is 20.5 Å². The van der Waals surface area contributed by atoms with Gasteiger partial charge in [-0.2, -0.15) is 0 Å². The summed E-state index contributed by atoms with van der Waals surface area (Å²) in [5.74, 6) is -1.37. The van der Waals surface area contributed by atoms with E-state index in [9.17, 15) is 4.79 Å². The Hall–Kier alpha value is -1.84. The third-order valence-electron chi connectivity index (χ3n) is 2.53. The zero-order chi connectivity index (χ0) is 11.0. The zero-order valence-corrected chi connectivity index (χ0v) is 8.64. The minimum absolute atomic E-state index is 0.539. The molecule has 0 fully saturated rings. The number of carbonyl (C=O) groups is 1. The van der Waals surface area contributed by atoms with E-state index >= 15 is 0 Å². The molecule has 0 aromatic carbocycles. The second-order valence-corrected chi connectivity index (χ2v) is 3.57. The van der Waals surface area contributed by atoms with E-state index < -0.39 is 11.9 Å². The Morgan fingerprint density at radius 1 is 1.53 bits per heavy atom. The Balaban J connectivity index is 2.68. The lowest BCUT2D eigenvalue weighted by Gasteiger charge is -2.06. The van der Waals surface area contributed by atoms with Gasteiger partial charge in [-0.3, -0.25) is 4.79 Å². The van der Waals surface area contributed by atoms with Crippen LogP contribution >= 0.6 is 0 Å². The zero-order valence-electron chi connectivity index (χ0n) is 8.64. The third kappa shape index (κ3) is 1.48. The van der Waals surface area contributed by atoms with E-state index in [1.807, 2.05) is 35.7 Å². The molecule has 1 unspecified atom stereocenters. The predicted octanol–water partition coefficient (Wildman–Crippen LogP) is 1.83. The number of carboxylic acid groups (broad SMARTS) is 1. The number of hydrogen-bond donors (Lipinski definition) is 1. The van der Waals surface area contributed by atoms with Crippen LogP contribution < -0.4 is 0 Å². The summed E-state index contributed by atoms with van der Waals surface area (Å²) in [6, 6.07) is 5.62. The molecule has 1 atom stereocenters. The molecular weight excluding hydrogens is 192 g/mol. The average molecular weight is 204 g/mol. The summed E-state index contributed by atoms with van der Waals surface area (Å²) >= 11 is 0. The van der Waals surface area contributed by atoms with Gasteiger partial charge in [-0.1, -0.05) is 6.07 Å². The topological polar surface area (TPSA) is 54.6 Å². The van der Waals surface area contributed by atoms with Gasteiger partial charge in [0.2, 0.25) is 0 Å². The lowest BCUT2D eigenvalue weighted by atomic mass is 10.1. The Morgan fingerprint density at radius 2 is 2.27 bits per heavy atom. The van der Waals surface area contributed by atoms with Gasteiger partial charge in [0.15, 0.2) is 0 Å². The highest BCUT2D eigenvalue weighted by Crippen LogP contribution is 2.21. The largest absolute Gasteiger partial charge is 0.481 e. The van der Waals surface area contributed by atoms with E-state index in [0.717, 1.165) is 17.0 Å². The van der Waals surface area contributed by atoms with E-state index in [1.54, 1.807) is 6.92 Å². The second-order valence-electron chi connectivity index (χ2n) is 3.57. The molecule has 15 heavy (non-hydrogen) atoms. The molecule has 0 aliphatic rings. The maximum Gasteiger partial charge on any atom is 0.312 e. The first-order valence-corrected chi connectivity index (χ1v) is 4.77. The highest BCUT2D eigenvalue weighted by atomic mass is 16.4. The minimum Gasteiger partial charge on any atom is -0.481 e. The molecule has 2 rings (SSSR count). The van der Waals surface area contributed by atoms with Crippen molar-refractivity contribution >= 4 is 11.6 Å².